The number of para-hydroxylation sites is 1. The summed E-state index contributed by atoms with van der Waals surface area (Å²) in [6, 6.07) is 7.53. The lowest BCUT2D eigenvalue weighted by molar-refractivity contribution is -0.120. The molecule has 2 aromatic heterocycles. The van der Waals surface area contributed by atoms with E-state index in [4.69, 9.17) is 4.42 Å². The normalized spacial score (nSPS) is 16.7. The van der Waals surface area contributed by atoms with E-state index in [1.54, 1.807) is 12.4 Å². The summed E-state index contributed by atoms with van der Waals surface area (Å²) in [5.74, 6) is 0.207. The quantitative estimate of drug-likeness (QED) is 0.747. The predicted molar refractivity (Wildman–Crippen MR) is 75.8 cm³/mol. The fraction of sp³-hybridized carbons (Fsp3) is 0.133. The first-order chi connectivity index (χ1) is 10.8. The zero-order valence-corrected chi connectivity index (χ0v) is 11.4. The van der Waals surface area contributed by atoms with Gasteiger partial charge in [-0.05, 0) is 11.3 Å². The molecule has 3 aromatic rings. The van der Waals surface area contributed by atoms with Crippen LogP contribution in [0.5, 0.6) is 0 Å². The molecule has 1 N–H and O–H groups in total. The number of carbonyl (C=O) groups is 1. The molecule has 0 spiro atoms. The molecule has 1 aromatic carbocycles. The van der Waals surface area contributed by atoms with Crippen LogP contribution in [0, 0.1) is 5.92 Å². The van der Waals surface area contributed by atoms with Crippen LogP contribution >= 0.6 is 0 Å². The molecule has 1 amide bonds. The zero-order valence-electron chi connectivity index (χ0n) is 11.4. The third-order valence-corrected chi connectivity index (χ3v) is 3.47. The van der Waals surface area contributed by atoms with Crippen molar-refractivity contribution in [2.45, 2.75) is 6.42 Å². The number of nitrogens with zero attached hydrogens (tertiary/aromatic N) is 4. The lowest BCUT2D eigenvalue weighted by Gasteiger charge is -2.09. The maximum absolute atomic E-state index is 12.1. The Morgan fingerprint density at radius 2 is 2.14 bits per heavy atom. The van der Waals surface area contributed by atoms with Crippen LogP contribution in [0.25, 0.3) is 17.5 Å². The highest BCUT2D eigenvalue weighted by atomic mass is 16.4. The number of fused-ring (bicyclic) bond motifs is 1. The SMILES string of the molecule is O=C1N=c2ccccc2=CC1Cc1nnc(-c2cn[nH]c2)o1. The van der Waals surface area contributed by atoms with Crippen LogP contribution in [0.1, 0.15) is 5.89 Å². The van der Waals surface area contributed by atoms with Gasteiger partial charge in [-0.15, -0.1) is 10.2 Å². The Labute approximate surface area is 124 Å². The van der Waals surface area contributed by atoms with Crippen LogP contribution in [0.3, 0.4) is 0 Å². The molecule has 0 fully saturated rings. The lowest BCUT2D eigenvalue weighted by atomic mass is 10.0. The van der Waals surface area contributed by atoms with Gasteiger partial charge in [-0.1, -0.05) is 24.3 Å². The van der Waals surface area contributed by atoms with Crippen molar-refractivity contribution < 1.29 is 9.21 Å². The molecule has 1 aliphatic heterocycles. The van der Waals surface area contributed by atoms with Gasteiger partial charge in [0.15, 0.2) is 0 Å². The van der Waals surface area contributed by atoms with Crippen molar-refractivity contribution in [2.24, 2.45) is 10.9 Å². The molecule has 7 heteroatoms. The zero-order chi connectivity index (χ0) is 14.9. The number of amides is 1. The molecule has 1 unspecified atom stereocenters. The topological polar surface area (TPSA) is 97.0 Å². The van der Waals surface area contributed by atoms with Crippen LogP contribution in [-0.2, 0) is 11.2 Å². The molecular weight excluding hydrogens is 282 g/mol. The van der Waals surface area contributed by atoms with Gasteiger partial charge in [-0.3, -0.25) is 9.89 Å². The van der Waals surface area contributed by atoms with Crippen molar-refractivity contribution in [1.82, 2.24) is 20.4 Å². The number of aromatic amines is 1. The van der Waals surface area contributed by atoms with Crippen LogP contribution in [-0.4, -0.2) is 26.3 Å². The number of aromatic nitrogens is 4. The summed E-state index contributed by atoms with van der Waals surface area (Å²) in [5.41, 5.74) is 0.715. The summed E-state index contributed by atoms with van der Waals surface area (Å²) < 4.78 is 5.57. The van der Waals surface area contributed by atoms with Crippen molar-refractivity contribution >= 4 is 12.0 Å². The van der Waals surface area contributed by atoms with E-state index in [2.05, 4.69) is 25.4 Å². The smallest absolute Gasteiger partial charge is 0.253 e. The Balaban J connectivity index is 1.62. The van der Waals surface area contributed by atoms with Crippen LogP contribution in [0.2, 0.25) is 0 Å². The van der Waals surface area contributed by atoms with E-state index in [9.17, 15) is 4.79 Å². The van der Waals surface area contributed by atoms with Gasteiger partial charge in [0.1, 0.15) is 0 Å². The molecule has 0 aliphatic carbocycles. The maximum Gasteiger partial charge on any atom is 0.253 e. The van der Waals surface area contributed by atoms with Crippen LogP contribution in [0.4, 0.5) is 0 Å². The second-order valence-electron chi connectivity index (χ2n) is 4.97. The molecule has 3 heterocycles. The number of carbonyl (C=O) groups excluding carboxylic acids is 1. The number of hydrogen-bond acceptors (Lipinski definition) is 5. The first kappa shape index (κ1) is 12.6. The highest BCUT2D eigenvalue weighted by molar-refractivity contribution is 5.86. The number of benzene rings is 1. The Morgan fingerprint density at radius 3 is 3.00 bits per heavy atom. The molecule has 4 rings (SSSR count). The minimum absolute atomic E-state index is 0.193. The summed E-state index contributed by atoms with van der Waals surface area (Å²) in [7, 11) is 0. The van der Waals surface area contributed by atoms with Gasteiger partial charge in [0.25, 0.3) is 11.8 Å². The standard InChI is InChI=1S/C15H11N5O2/c21-14-10(5-9-3-1-2-4-12(9)18-14)6-13-19-20-15(22-13)11-7-16-17-8-11/h1-5,7-8,10H,6H2,(H,16,17). The van der Waals surface area contributed by atoms with Gasteiger partial charge < -0.3 is 4.42 Å². The molecule has 7 nitrogen and oxygen atoms in total. The highest BCUT2D eigenvalue weighted by Gasteiger charge is 2.22. The molecule has 0 bridgehead atoms. The van der Waals surface area contributed by atoms with E-state index < -0.39 is 0 Å². The number of hydrogen-bond donors (Lipinski definition) is 1. The van der Waals surface area contributed by atoms with E-state index in [-0.39, 0.29) is 11.8 Å². The van der Waals surface area contributed by atoms with Crippen molar-refractivity contribution in [3.05, 3.63) is 53.1 Å². The van der Waals surface area contributed by atoms with Crippen LogP contribution < -0.4 is 10.6 Å². The maximum atomic E-state index is 12.1. The van der Waals surface area contributed by atoms with Crippen LogP contribution in [0.15, 0.2) is 46.1 Å². The number of H-pyrrole nitrogens is 1. The van der Waals surface area contributed by atoms with Gasteiger partial charge in [-0.25, -0.2) is 4.99 Å². The molecule has 0 saturated carbocycles. The predicted octanol–water partition coefficient (Wildman–Crippen LogP) is 0.259. The van der Waals surface area contributed by atoms with E-state index in [1.807, 2.05) is 30.3 Å². The van der Waals surface area contributed by atoms with Crippen molar-refractivity contribution in [1.29, 1.82) is 0 Å². The summed E-state index contributed by atoms with van der Waals surface area (Å²) in [5, 5.41) is 16.1. The minimum atomic E-state index is -0.382. The number of rotatable bonds is 3. The van der Waals surface area contributed by atoms with Gasteiger partial charge >= 0.3 is 0 Å². The van der Waals surface area contributed by atoms with E-state index in [1.165, 1.54) is 0 Å². The summed E-state index contributed by atoms with van der Waals surface area (Å²) in [4.78, 5) is 16.2. The molecule has 1 atom stereocenters. The first-order valence-corrected chi connectivity index (χ1v) is 6.80. The second kappa shape index (κ2) is 5.03. The molecule has 0 saturated heterocycles. The average molecular weight is 293 g/mol. The second-order valence-corrected chi connectivity index (χ2v) is 4.97. The van der Waals surface area contributed by atoms with Crippen molar-refractivity contribution in [3.63, 3.8) is 0 Å². The molecular formula is C15H11N5O2. The van der Waals surface area contributed by atoms with Crippen molar-refractivity contribution in [3.8, 4) is 11.5 Å². The molecule has 1 aliphatic rings. The van der Waals surface area contributed by atoms with Gasteiger partial charge in [0.05, 0.1) is 23.0 Å². The molecule has 22 heavy (non-hydrogen) atoms. The Bertz CT molecular complexity index is 942. The third kappa shape index (κ3) is 2.22. The largest absolute Gasteiger partial charge is 0.421 e. The number of nitrogens with one attached hydrogen (secondary N) is 1. The van der Waals surface area contributed by atoms with Gasteiger partial charge in [-0.2, -0.15) is 5.10 Å². The highest BCUT2D eigenvalue weighted by Crippen LogP contribution is 2.18. The van der Waals surface area contributed by atoms with E-state index in [0.717, 1.165) is 5.22 Å². The molecule has 108 valence electrons. The van der Waals surface area contributed by atoms with Gasteiger partial charge in [0, 0.05) is 12.6 Å². The average Bonchev–Trinajstić information content (AvgIpc) is 3.18. The first-order valence-electron chi connectivity index (χ1n) is 6.80. The monoisotopic (exact) mass is 293 g/mol. The van der Waals surface area contributed by atoms with E-state index in [0.29, 0.717) is 29.1 Å². The van der Waals surface area contributed by atoms with Gasteiger partial charge in [0.2, 0.25) is 5.89 Å². The van der Waals surface area contributed by atoms with E-state index >= 15 is 0 Å². The molecule has 0 radical (unpaired) electrons. The lowest BCUT2D eigenvalue weighted by Crippen LogP contribution is -2.34. The fourth-order valence-electron chi connectivity index (χ4n) is 2.37. The minimum Gasteiger partial charge on any atom is -0.421 e. The third-order valence-electron chi connectivity index (χ3n) is 3.47. The van der Waals surface area contributed by atoms with Crippen molar-refractivity contribution in [2.75, 3.05) is 0 Å². The summed E-state index contributed by atoms with van der Waals surface area (Å²) in [6.07, 6.45) is 5.50. The fourth-order valence-corrected chi connectivity index (χ4v) is 2.37. The summed E-state index contributed by atoms with van der Waals surface area (Å²) in [6.45, 7) is 0. The Morgan fingerprint density at radius 1 is 1.23 bits per heavy atom. The Kier molecular flexibility index (Phi) is 2.89. The summed E-state index contributed by atoms with van der Waals surface area (Å²) >= 11 is 0. The Hall–Kier alpha value is -3.09.